The summed E-state index contributed by atoms with van der Waals surface area (Å²) in [5, 5.41) is 0. The van der Waals surface area contributed by atoms with Gasteiger partial charge in [0.15, 0.2) is 6.10 Å². The molecule has 0 aliphatic carbocycles. The van der Waals surface area contributed by atoms with E-state index in [4.69, 9.17) is 14.2 Å². The molecule has 0 rings (SSSR count). The Kier molecular flexibility index (Phi) is 58.7. The summed E-state index contributed by atoms with van der Waals surface area (Å²) >= 11 is 0. The van der Waals surface area contributed by atoms with Gasteiger partial charge < -0.3 is 14.2 Å². The summed E-state index contributed by atoms with van der Waals surface area (Å²) in [5.74, 6) is -0.858. The van der Waals surface area contributed by atoms with Gasteiger partial charge in [-0.25, -0.2) is 0 Å². The van der Waals surface area contributed by atoms with Gasteiger partial charge in [-0.15, -0.1) is 0 Å². The molecule has 0 aromatic rings. The van der Waals surface area contributed by atoms with Gasteiger partial charge in [0.05, 0.1) is 0 Å². The molecule has 0 aliphatic rings. The number of carbonyl (C=O) groups is 3. The molecule has 0 amide bonds. The van der Waals surface area contributed by atoms with Gasteiger partial charge >= 0.3 is 17.9 Å². The highest BCUT2D eigenvalue weighted by atomic mass is 16.6. The third kappa shape index (κ3) is 58.3. The first-order valence-corrected chi connectivity index (χ1v) is 31.6. The van der Waals surface area contributed by atoms with Crippen LogP contribution < -0.4 is 0 Å². The average Bonchev–Trinajstić information content (AvgIpc) is 3.38. The number of carbonyl (C=O) groups excluding carboxylic acids is 3. The predicted molar refractivity (Wildman–Crippen MR) is 312 cm³/mol. The lowest BCUT2D eigenvalue weighted by atomic mass is 10.0. The van der Waals surface area contributed by atoms with Gasteiger partial charge in [-0.1, -0.05) is 307 Å². The Labute approximate surface area is 448 Å². The molecule has 0 fully saturated rings. The molecule has 0 saturated heterocycles. The number of allylic oxidation sites excluding steroid dienone is 8. The number of rotatable bonds is 58. The van der Waals surface area contributed by atoms with E-state index in [0.29, 0.717) is 19.3 Å². The van der Waals surface area contributed by atoms with Crippen molar-refractivity contribution in [3.8, 4) is 0 Å². The lowest BCUT2D eigenvalue weighted by Gasteiger charge is -2.18. The Morgan fingerprint density at radius 1 is 0.292 bits per heavy atom. The van der Waals surface area contributed by atoms with E-state index < -0.39 is 6.10 Å². The second-order valence-corrected chi connectivity index (χ2v) is 21.3. The number of ether oxygens (including phenoxy) is 3. The van der Waals surface area contributed by atoms with Crippen molar-refractivity contribution < 1.29 is 28.6 Å². The molecule has 1 unspecified atom stereocenters. The standard InChI is InChI=1S/C66H120O6/c1-4-7-10-13-16-18-20-22-24-26-28-30-31-32-33-34-35-37-38-40-42-44-46-48-50-53-56-59-65(68)71-62-63(61-70-64(67)58-55-52-15-12-9-6-3)72-66(69)60-57-54-51-49-47-45-43-41-39-36-29-27-25-23-21-19-17-14-11-8-5-2/h7,10,16,18,22,24,28,30,63H,4-6,8-9,11-15,17,19-21,23,25-27,29,31-62H2,1-3H3/b10-7-,18-16-,24-22-,30-28-. The van der Waals surface area contributed by atoms with Gasteiger partial charge in [0.25, 0.3) is 0 Å². The van der Waals surface area contributed by atoms with Gasteiger partial charge in [0.2, 0.25) is 0 Å². The molecule has 0 spiro atoms. The van der Waals surface area contributed by atoms with E-state index in [1.54, 1.807) is 0 Å². The molecule has 6 heteroatoms. The van der Waals surface area contributed by atoms with Gasteiger partial charge in [-0.05, 0) is 57.8 Å². The van der Waals surface area contributed by atoms with Crippen LogP contribution in [-0.2, 0) is 28.6 Å². The van der Waals surface area contributed by atoms with E-state index in [9.17, 15) is 14.4 Å². The number of unbranched alkanes of at least 4 members (excludes halogenated alkanes) is 39. The molecule has 0 aromatic carbocycles. The molecule has 72 heavy (non-hydrogen) atoms. The van der Waals surface area contributed by atoms with Gasteiger partial charge in [0.1, 0.15) is 13.2 Å². The highest BCUT2D eigenvalue weighted by Gasteiger charge is 2.19. The molecule has 0 radical (unpaired) electrons. The van der Waals surface area contributed by atoms with E-state index in [-0.39, 0.29) is 31.1 Å². The number of hydrogen-bond donors (Lipinski definition) is 0. The Hall–Kier alpha value is -2.63. The maximum absolute atomic E-state index is 12.8. The summed E-state index contributed by atoms with van der Waals surface area (Å²) in [4.78, 5) is 38.0. The molecule has 0 aliphatic heterocycles. The molecule has 0 aromatic heterocycles. The fourth-order valence-electron chi connectivity index (χ4n) is 9.38. The van der Waals surface area contributed by atoms with Crippen LogP contribution in [0, 0.1) is 0 Å². The van der Waals surface area contributed by atoms with E-state index in [0.717, 1.165) is 83.5 Å². The van der Waals surface area contributed by atoms with Crippen LogP contribution in [0.2, 0.25) is 0 Å². The van der Waals surface area contributed by atoms with Gasteiger partial charge in [-0.2, -0.15) is 0 Å². The third-order valence-electron chi connectivity index (χ3n) is 14.1. The van der Waals surface area contributed by atoms with Crippen LogP contribution in [0.15, 0.2) is 48.6 Å². The molecule has 0 N–H and O–H groups in total. The van der Waals surface area contributed by atoms with Crippen molar-refractivity contribution in [1.82, 2.24) is 0 Å². The van der Waals surface area contributed by atoms with Crippen LogP contribution in [0.1, 0.15) is 335 Å². The van der Waals surface area contributed by atoms with Crippen molar-refractivity contribution in [1.29, 1.82) is 0 Å². The highest BCUT2D eigenvalue weighted by Crippen LogP contribution is 2.18. The van der Waals surface area contributed by atoms with E-state index >= 15 is 0 Å². The zero-order chi connectivity index (χ0) is 52.2. The Bertz CT molecular complexity index is 1250. The predicted octanol–water partition coefficient (Wildman–Crippen LogP) is 21.4. The summed E-state index contributed by atoms with van der Waals surface area (Å²) in [5.41, 5.74) is 0. The average molecular weight is 1010 g/mol. The minimum absolute atomic E-state index is 0.0686. The molecule has 6 nitrogen and oxygen atoms in total. The largest absolute Gasteiger partial charge is 0.462 e. The molecule has 1 atom stereocenters. The van der Waals surface area contributed by atoms with E-state index in [2.05, 4.69) is 69.4 Å². The molecule has 0 bridgehead atoms. The maximum atomic E-state index is 12.8. The van der Waals surface area contributed by atoms with Crippen LogP contribution in [0.4, 0.5) is 0 Å². The van der Waals surface area contributed by atoms with Crippen LogP contribution in [-0.4, -0.2) is 37.2 Å². The number of esters is 3. The molecular formula is C66H120O6. The Balaban J connectivity index is 4.04. The molecule has 420 valence electrons. The minimum Gasteiger partial charge on any atom is -0.462 e. The molecular weight excluding hydrogens is 889 g/mol. The van der Waals surface area contributed by atoms with Gasteiger partial charge in [0, 0.05) is 19.3 Å². The van der Waals surface area contributed by atoms with Crippen LogP contribution in [0.5, 0.6) is 0 Å². The van der Waals surface area contributed by atoms with E-state index in [1.165, 1.54) is 212 Å². The van der Waals surface area contributed by atoms with Crippen molar-refractivity contribution in [2.24, 2.45) is 0 Å². The first-order chi connectivity index (χ1) is 35.5. The number of hydrogen-bond acceptors (Lipinski definition) is 6. The normalized spacial score (nSPS) is 12.3. The van der Waals surface area contributed by atoms with Crippen molar-refractivity contribution >= 4 is 17.9 Å². The lowest BCUT2D eigenvalue weighted by molar-refractivity contribution is -0.167. The van der Waals surface area contributed by atoms with Crippen molar-refractivity contribution in [3.63, 3.8) is 0 Å². The van der Waals surface area contributed by atoms with Crippen molar-refractivity contribution in [2.75, 3.05) is 13.2 Å². The Morgan fingerprint density at radius 2 is 0.542 bits per heavy atom. The van der Waals surface area contributed by atoms with Crippen LogP contribution >= 0.6 is 0 Å². The van der Waals surface area contributed by atoms with Crippen molar-refractivity contribution in [2.45, 2.75) is 341 Å². The topological polar surface area (TPSA) is 78.9 Å². The smallest absolute Gasteiger partial charge is 0.306 e. The van der Waals surface area contributed by atoms with Crippen LogP contribution in [0.3, 0.4) is 0 Å². The first kappa shape index (κ1) is 69.4. The summed E-state index contributed by atoms with van der Waals surface area (Å²) in [6.45, 7) is 6.52. The monoisotopic (exact) mass is 1010 g/mol. The van der Waals surface area contributed by atoms with Gasteiger partial charge in [-0.3, -0.25) is 14.4 Å². The summed E-state index contributed by atoms with van der Waals surface area (Å²) in [7, 11) is 0. The highest BCUT2D eigenvalue weighted by molar-refractivity contribution is 5.71. The first-order valence-electron chi connectivity index (χ1n) is 31.6. The summed E-state index contributed by atoms with van der Waals surface area (Å²) in [6, 6.07) is 0. The fraction of sp³-hybridized carbons (Fsp3) is 0.833. The fourth-order valence-corrected chi connectivity index (χ4v) is 9.38. The Morgan fingerprint density at radius 3 is 0.847 bits per heavy atom. The van der Waals surface area contributed by atoms with Crippen LogP contribution in [0.25, 0.3) is 0 Å². The minimum atomic E-state index is -0.767. The maximum Gasteiger partial charge on any atom is 0.306 e. The quantitative estimate of drug-likeness (QED) is 0.0261. The molecule has 0 saturated carbocycles. The van der Waals surface area contributed by atoms with Crippen molar-refractivity contribution in [3.05, 3.63) is 48.6 Å². The lowest BCUT2D eigenvalue weighted by Crippen LogP contribution is -2.30. The zero-order valence-corrected chi connectivity index (χ0v) is 48.2. The second-order valence-electron chi connectivity index (χ2n) is 21.3. The third-order valence-corrected chi connectivity index (χ3v) is 14.1. The zero-order valence-electron chi connectivity index (χ0n) is 48.2. The second kappa shape index (κ2) is 60.9. The van der Waals surface area contributed by atoms with E-state index in [1.807, 2.05) is 0 Å². The summed E-state index contributed by atoms with van der Waals surface area (Å²) < 4.78 is 16.8. The SMILES string of the molecule is CC/C=C\C/C=C\C/C=C\C/C=C\CCCCCCCCCCCCCCCCC(=O)OCC(COC(=O)CCCCCCCC)OC(=O)CCCCCCCCCCCCCCCCCCCCCCC. The summed E-state index contributed by atoms with van der Waals surface area (Å²) in [6.07, 6.45) is 75.9. The molecule has 0 heterocycles.